The highest BCUT2D eigenvalue weighted by Crippen LogP contribution is 2.20. The van der Waals surface area contributed by atoms with Crippen molar-refractivity contribution in [2.24, 2.45) is 0 Å². The number of carbonyl (C=O) groups excluding carboxylic acids is 1. The standard InChI is InChI=1S/C25H24FNO3/c26-21-16-14-20(15-17-21)24(28)27-23-13-7-5-11-19(23)10-3-1-2-8-18-9-4-6-12-22(18)25(29)30/h4-7,9,11-17H,1-3,8,10H2,(H,27,28)(H,29,30). The van der Waals surface area contributed by atoms with Crippen LogP contribution in [0.5, 0.6) is 0 Å². The lowest BCUT2D eigenvalue weighted by Gasteiger charge is -2.11. The van der Waals surface area contributed by atoms with Crippen LogP contribution in [0.25, 0.3) is 0 Å². The van der Waals surface area contributed by atoms with Crippen LogP contribution in [0.2, 0.25) is 0 Å². The number of para-hydroxylation sites is 1. The molecule has 0 bridgehead atoms. The highest BCUT2D eigenvalue weighted by molar-refractivity contribution is 6.04. The highest BCUT2D eigenvalue weighted by Gasteiger charge is 2.10. The zero-order valence-corrected chi connectivity index (χ0v) is 16.6. The van der Waals surface area contributed by atoms with Crippen LogP contribution in [0, 0.1) is 5.82 Å². The third kappa shape index (κ3) is 5.77. The molecule has 0 aliphatic rings. The molecular formula is C25H24FNO3. The van der Waals surface area contributed by atoms with Crippen molar-refractivity contribution in [2.75, 3.05) is 5.32 Å². The van der Waals surface area contributed by atoms with E-state index in [2.05, 4.69) is 5.32 Å². The summed E-state index contributed by atoms with van der Waals surface area (Å²) in [4.78, 5) is 23.7. The maximum Gasteiger partial charge on any atom is 0.335 e. The lowest BCUT2D eigenvalue weighted by molar-refractivity contribution is 0.0695. The number of hydrogen-bond acceptors (Lipinski definition) is 2. The average molecular weight is 405 g/mol. The molecule has 154 valence electrons. The minimum Gasteiger partial charge on any atom is -0.478 e. The van der Waals surface area contributed by atoms with Gasteiger partial charge < -0.3 is 10.4 Å². The Bertz CT molecular complexity index is 1010. The van der Waals surface area contributed by atoms with E-state index >= 15 is 0 Å². The number of nitrogens with one attached hydrogen (secondary N) is 1. The quantitative estimate of drug-likeness (QED) is 0.447. The average Bonchev–Trinajstić information content (AvgIpc) is 2.75. The van der Waals surface area contributed by atoms with Gasteiger partial charge in [-0.1, -0.05) is 42.8 Å². The fourth-order valence-electron chi connectivity index (χ4n) is 3.41. The Balaban J connectivity index is 1.52. The lowest BCUT2D eigenvalue weighted by Crippen LogP contribution is -2.13. The summed E-state index contributed by atoms with van der Waals surface area (Å²) < 4.78 is 13.1. The zero-order valence-electron chi connectivity index (χ0n) is 16.6. The van der Waals surface area contributed by atoms with Crippen LogP contribution in [0.15, 0.2) is 72.8 Å². The van der Waals surface area contributed by atoms with E-state index in [1.807, 2.05) is 36.4 Å². The van der Waals surface area contributed by atoms with E-state index in [4.69, 9.17) is 0 Å². The number of carboxylic acid groups (broad SMARTS) is 1. The Morgan fingerprint density at radius 3 is 2.07 bits per heavy atom. The number of aryl methyl sites for hydroxylation is 2. The Kier molecular flexibility index (Phi) is 7.33. The molecule has 3 aromatic rings. The van der Waals surface area contributed by atoms with Gasteiger partial charge in [0.05, 0.1) is 5.56 Å². The van der Waals surface area contributed by atoms with Crippen molar-refractivity contribution in [1.29, 1.82) is 0 Å². The fourth-order valence-corrected chi connectivity index (χ4v) is 3.41. The van der Waals surface area contributed by atoms with Crippen molar-refractivity contribution in [3.63, 3.8) is 0 Å². The van der Waals surface area contributed by atoms with Gasteiger partial charge in [-0.15, -0.1) is 0 Å². The Labute approximate surface area is 175 Å². The fraction of sp³-hybridized carbons (Fsp3) is 0.200. The number of amides is 1. The largest absolute Gasteiger partial charge is 0.478 e. The molecule has 0 aliphatic carbocycles. The third-order valence-corrected chi connectivity index (χ3v) is 5.01. The monoisotopic (exact) mass is 405 g/mol. The predicted molar refractivity (Wildman–Crippen MR) is 115 cm³/mol. The topological polar surface area (TPSA) is 66.4 Å². The minimum absolute atomic E-state index is 0.271. The van der Waals surface area contributed by atoms with E-state index < -0.39 is 5.97 Å². The second-order valence-electron chi connectivity index (χ2n) is 7.14. The van der Waals surface area contributed by atoms with Gasteiger partial charge in [-0.05, 0) is 73.2 Å². The van der Waals surface area contributed by atoms with Gasteiger partial charge in [0.25, 0.3) is 5.91 Å². The number of unbranched alkanes of at least 4 members (excludes halogenated alkanes) is 2. The van der Waals surface area contributed by atoms with Crippen molar-refractivity contribution in [3.05, 3.63) is 101 Å². The molecule has 30 heavy (non-hydrogen) atoms. The van der Waals surface area contributed by atoms with E-state index in [1.165, 1.54) is 24.3 Å². The molecule has 0 heterocycles. The zero-order chi connectivity index (χ0) is 21.3. The number of hydrogen-bond donors (Lipinski definition) is 2. The molecule has 0 unspecified atom stereocenters. The first-order valence-electron chi connectivity index (χ1n) is 10.0. The normalized spacial score (nSPS) is 10.6. The lowest BCUT2D eigenvalue weighted by atomic mass is 9.99. The summed E-state index contributed by atoms with van der Waals surface area (Å²) >= 11 is 0. The number of anilines is 1. The summed E-state index contributed by atoms with van der Waals surface area (Å²) in [6.07, 6.45) is 4.31. The molecule has 0 spiro atoms. The molecular weight excluding hydrogens is 381 g/mol. The Hall–Kier alpha value is -3.47. The molecule has 4 nitrogen and oxygen atoms in total. The van der Waals surface area contributed by atoms with Crippen molar-refractivity contribution in [1.82, 2.24) is 0 Å². The molecule has 0 radical (unpaired) electrons. The summed E-state index contributed by atoms with van der Waals surface area (Å²) in [5.74, 6) is -1.54. The minimum atomic E-state index is -0.892. The summed E-state index contributed by atoms with van der Waals surface area (Å²) in [6, 6.07) is 20.2. The number of aromatic carboxylic acids is 1. The third-order valence-electron chi connectivity index (χ3n) is 5.01. The molecule has 5 heteroatoms. The summed E-state index contributed by atoms with van der Waals surface area (Å²) in [5.41, 5.74) is 3.42. The molecule has 0 saturated carbocycles. The van der Waals surface area contributed by atoms with Crippen molar-refractivity contribution < 1.29 is 19.1 Å². The van der Waals surface area contributed by atoms with Gasteiger partial charge in [-0.3, -0.25) is 4.79 Å². The van der Waals surface area contributed by atoms with Gasteiger partial charge in [0.1, 0.15) is 5.82 Å². The molecule has 2 N–H and O–H groups in total. The van der Waals surface area contributed by atoms with Crippen LogP contribution < -0.4 is 5.32 Å². The SMILES string of the molecule is O=C(Nc1ccccc1CCCCCc1ccccc1C(=O)O)c1ccc(F)cc1. The smallest absolute Gasteiger partial charge is 0.335 e. The second-order valence-corrected chi connectivity index (χ2v) is 7.14. The highest BCUT2D eigenvalue weighted by atomic mass is 19.1. The van der Waals surface area contributed by atoms with Crippen LogP contribution in [-0.4, -0.2) is 17.0 Å². The van der Waals surface area contributed by atoms with Crippen molar-refractivity contribution in [2.45, 2.75) is 32.1 Å². The van der Waals surface area contributed by atoms with E-state index in [1.54, 1.807) is 12.1 Å². The predicted octanol–water partition coefficient (Wildman–Crippen LogP) is 5.73. The summed E-state index contributed by atoms with van der Waals surface area (Å²) in [6.45, 7) is 0. The molecule has 0 fully saturated rings. The van der Waals surface area contributed by atoms with Gasteiger partial charge in [-0.25, -0.2) is 9.18 Å². The molecule has 0 atom stereocenters. The van der Waals surface area contributed by atoms with Crippen LogP contribution in [0.4, 0.5) is 10.1 Å². The van der Waals surface area contributed by atoms with Gasteiger partial charge in [-0.2, -0.15) is 0 Å². The van der Waals surface area contributed by atoms with Crippen molar-refractivity contribution in [3.8, 4) is 0 Å². The number of carbonyl (C=O) groups is 2. The Morgan fingerprint density at radius 1 is 0.767 bits per heavy atom. The summed E-state index contributed by atoms with van der Waals surface area (Å²) in [5, 5.41) is 12.2. The van der Waals surface area contributed by atoms with Gasteiger partial charge >= 0.3 is 5.97 Å². The molecule has 3 rings (SSSR count). The Morgan fingerprint density at radius 2 is 1.37 bits per heavy atom. The first kappa shape index (κ1) is 21.2. The maximum atomic E-state index is 13.1. The van der Waals surface area contributed by atoms with Gasteiger partial charge in [0.15, 0.2) is 0 Å². The van der Waals surface area contributed by atoms with Crippen molar-refractivity contribution >= 4 is 17.6 Å². The molecule has 1 amide bonds. The van der Waals surface area contributed by atoms with Crippen LogP contribution in [-0.2, 0) is 12.8 Å². The van der Waals surface area contributed by atoms with Gasteiger partial charge in [0.2, 0.25) is 0 Å². The molecule has 3 aromatic carbocycles. The van der Waals surface area contributed by atoms with Crippen LogP contribution in [0.1, 0.15) is 51.1 Å². The van der Waals surface area contributed by atoms with E-state index in [0.717, 1.165) is 48.9 Å². The number of halogens is 1. The number of benzene rings is 3. The first-order valence-corrected chi connectivity index (χ1v) is 10.0. The van der Waals surface area contributed by atoms with E-state index in [0.29, 0.717) is 11.1 Å². The maximum absolute atomic E-state index is 13.1. The summed E-state index contributed by atoms with van der Waals surface area (Å²) in [7, 11) is 0. The number of rotatable bonds is 9. The van der Waals surface area contributed by atoms with E-state index in [-0.39, 0.29) is 11.7 Å². The first-order chi connectivity index (χ1) is 14.5. The molecule has 0 aliphatic heterocycles. The van der Waals surface area contributed by atoms with E-state index in [9.17, 15) is 19.1 Å². The van der Waals surface area contributed by atoms with Crippen LogP contribution in [0.3, 0.4) is 0 Å². The molecule has 0 aromatic heterocycles. The second kappa shape index (κ2) is 10.3. The van der Waals surface area contributed by atoms with Crippen LogP contribution >= 0.6 is 0 Å². The number of carboxylic acids is 1. The van der Waals surface area contributed by atoms with Gasteiger partial charge in [0, 0.05) is 11.3 Å². The molecule has 0 saturated heterocycles.